The molecule has 0 radical (unpaired) electrons. The van der Waals surface area contributed by atoms with Crippen LogP contribution in [0.15, 0.2) is 22.9 Å². The van der Waals surface area contributed by atoms with Crippen molar-refractivity contribution >= 4 is 21.6 Å². The smallest absolute Gasteiger partial charge is 0.153 e. The Labute approximate surface area is 107 Å². The highest BCUT2D eigenvalue weighted by Crippen LogP contribution is 2.19. The second-order valence-corrected chi connectivity index (χ2v) is 5.22. The van der Waals surface area contributed by atoms with Crippen LogP contribution in [-0.2, 0) is 6.54 Å². The first-order chi connectivity index (χ1) is 8.24. The van der Waals surface area contributed by atoms with Gasteiger partial charge in [0.2, 0.25) is 0 Å². The third-order valence-electron chi connectivity index (χ3n) is 2.97. The van der Waals surface area contributed by atoms with E-state index in [1.165, 1.54) is 0 Å². The average molecular weight is 299 g/mol. The van der Waals surface area contributed by atoms with Crippen molar-refractivity contribution in [2.75, 3.05) is 19.8 Å². The standard InChI is InChI=1S/C11H12BrFN4/c12-10-1-2-11-14-9(7-17(11)15-10)6-16-4-8(3-13)5-16/h1-2,7-8H,3-6H2. The van der Waals surface area contributed by atoms with Gasteiger partial charge < -0.3 is 0 Å². The first kappa shape index (κ1) is 11.1. The molecule has 2 aromatic heterocycles. The van der Waals surface area contributed by atoms with Crippen LogP contribution in [0.3, 0.4) is 0 Å². The van der Waals surface area contributed by atoms with E-state index in [1.807, 2.05) is 18.3 Å². The number of hydrogen-bond donors (Lipinski definition) is 0. The zero-order valence-corrected chi connectivity index (χ0v) is 10.8. The molecular formula is C11H12BrFN4. The van der Waals surface area contributed by atoms with Gasteiger partial charge in [0, 0.05) is 25.6 Å². The van der Waals surface area contributed by atoms with Crippen LogP contribution in [0.5, 0.6) is 0 Å². The predicted molar refractivity (Wildman–Crippen MR) is 65.4 cm³/mol. The lowest BCUT2D eigenvalue weighted by Crippen LogP contribution is -2.46. The van der Waals surface area contributed by atoms with E-state index in [-0.39, 0.29) is 12.6 Å². The molecule has 0 aliphatic carbocycles. The molecular weight excluding hydrogens is 287 g/mol. The van der Waals surface area contributed by atoms with Gasteiger partial charge in [0.15, 0.2) is 5.65 Å². The van der Waals surface area contributed by atoms with Crippen molar-refractivity contribution in [3.05, 3.63) is 28.6 Å². The van der Waals surface area contributed by atoms with Crippen molar-refractivity contribution in [2.24, 2.45) is 5.92 Å². The Bertz CT molecular complexity index is 535. The maximum atomic E-state index is 12.3. The highest BCUT2D eigenvalue weighted by Gasteiger charge is 2.26. The summed E-state index contributed by atoms with van der Waals surface area (Å²) < 4.78 is 14.8. The van der Waals surface area contributed by atoms with E-state index in [0.29, 0.717) is 0 Å². The van der Waals surface area contributed by atoms with Gasteiger partial charge >= 0.3 is 0 Å². The Morgan fingerprint density at radius 1 is 1.41 bits per heavy atom. The van der Waals surface area contributed by atoms with Crippen LogP contribution in [0, 0.1) is 5.92 Å². The van der Waals surface area contributed by atoms with Crippen LogP contribution in [0.4, 0.5) is 4.39 Å². The summed E-state index contributed by atoms with van der Waals surface area (Å²) in [4.78, 5) is 6.67. The van der Waals surface area contributed by atoms with Gasteiger partial charge in [-0.15, -0.1) is 0 Å². The van der Waals surface area contributed by atoms with E-state index in [0.717, 1.165) is 35.6 Å². The second-order valence-electron chi connectivity index (χ2n) is 4.41. The third-order valence-corrected chi connectivity index (χ3v) is 3.40. The Morgan fingerprint density at radius 2 is 2.24 bits per heavy atom. The van der Waals surface area contributed by atoms with E-state index >= 15 is 0 Å². The summed E-state index contributed by atoms with van der Waals surface area (Å²) in [7, 11) is 0. The minimum atomic E-state index is -0.212. The molecule has 0 saturated carbocycles. The van der Waals surface area contributed by atoms with Crippen molar-refractivity contribution in [2.45, 2.75) is 6.54 Å². The van der Waals surface area contributed by atoms with Gasteiger partial charge in [-0.2, -0.15) is 5.10 Å². The SMILES string of the molecule is FCC1CN(Cc2cn3nc(Br)ccc3n2)C1. The number of rotatable bonds is 3. The minimum Gasteiger partial charge on any atom is -0.297 e. The van der Waals surface area contributed by atoms with E-state index < -0.39 is 0 Å². The third kappa shape index (κ3) is 2.19. The predicted octanol–water partition coefficient (Wildman–Crippen LogP) is 1.89. The van der Waals surface area contributed by atoms with Crippen LogP contribution < -0.4 is 0 Å². The van der Waals surface area contributed by atoms with Crippen LogP contribution in [0.1, 0.15) is 5.69 Å². The Balaban J connectivity index is 1.73. The zero-order chi connectivity index (χ0) is 11.8. The van der Waals surface area contributed by atoms with E-state index in [9.17, 15) is 4.39 Å². The Kier molecular flexibility index (Phi) is 2.84. The highest BCUT2D eigenvalue weighted by molar-refractivity contribution is 9.10. The van der Waals surface area contributed by atoms with Crippen LogP contribution in [-0.4, -0.2) is 39.3 Å². The fraction of sp³-hybridized carbons (Fsp3) is 0.455. The normalized spacial score (nSPS) is 17.5. The van der Waals surface area contributed by atoms with Gasteiger partial charge in [-0.1, -0.05) is 0 Å². The summed E-state index contributed by atoms with van der Waals surface area (Å²) in [6.45, 7) is 2.23. The van der Waals surface area contributed by atoms with Crippen LogP contribution in [0.25, 0.3) is 5.65 Å². The monoisotopic (exact) mass is 298 g/mol. The molecule has 90 valence electrons. The molecule has 0 aromatic carbocycles. The molecule has 0 amide bonds. The van der Waals surface area contributed by atoms with Crippen LogP contribution in [0.2, 0.25) is 0 Å². The molecule has 0 unspecified atom stereocenters. The number of halogens is 2. The van der Waals surface area contributed by atoms with Crippen molar-refractivity contribution in [1.29, 1.82) is 0 Å². The molecule has 6 heteroatoms. The maximum absolute atomic E-state index is 12.3. The van der Waals surface area contributed by atoms with Crippen molar-refractivity contribution in [3.63, 3.8) is 0 Å². The molecule has 17 heavy (non-hydrogen) atoms. The van der Waals surface area contributed by atoms with Gasteiger partial charge in [0.05, 0.1) is 18.6 Å². The molecule has 0 N–H and O–H groups in total. The summed E-state index contributed by atoms with van der Waals surface area (Å²) >= 11 is 3.32. The van der Waals surface area contributed by atoms with Gasteiger partial charge in [-0.25, -0.2) is 9.50 Å². The Hall–Kier alpha value is -1.01. The molecule has 1 aliphatic rings. The number of likely N-dealkylation sites (tertiary alicyclic amines) is 1. The molecule has 3 heterocycles. The molecule has 2 aromatic rings. The van der Waals surface area contributed by atoms with Crippen LogP contribution >= 0.6 is 15.9 Å². The molecule has 0 bridgehead atoms. The lowest BCUT2D eigenvalue weighted by atomic mass is 10.0. The van der Waals surface area contributed by atoms with Crippen molar-refractivity contribution in [3.8, 4) is 0 Å². The number of aromatic nitrogens is 3. The summed E-state index contributed by atoms with van der Waals surface area (Å²) in [5.41, 5.74) is 1.82. The molecule has 1 fully saturated rings. The minimum absolute atomic E-state index is 0.212. The number of hydrogen-bond acceptors (Lipinski definition) is 3. The summed E-state index contributed by atoms with van der Waals surface area (Å²) in [5, 5.41) is 4.27. The topological polar surface area (TPSA) is 33.4 Å². The maximum Gasteiger partial charge on any atom is 0.153 e. The van der Waals surface area contributed by atoms with Gasteiger partial charge in [-0.3, -0.25) is 9.29 Å². The average Bonchev–Trinajstić information content (AvgIpc) is 2.64. The first-order valence-electron chi connectivity index (χ1n) is 5.54. The highest BCUT2D eigenvalue weighted by atomic mass is 79.9. The van der Waals surface area contributed by atoms with Gasteiger partial charge in [-0.05, 0) is 28.1 Å². The summed E-state index contributed by atoms with van der Waals surface area (Å²) in [5.74, 6) is 0.222. The summed E-state index contributed by atoms with van der Waals surface area (Å²) in [6, 6.07) is 3.79. The number of alkyl halides is 1. The molecule has 1 aliphatic heterocycles. The quantitative estimate of drug-likeness (QED) is 0.868. The zero-order valence-electron chi connectivity index (χ0n) is 9.18. The van der Waals surface area contributed by atoms with E-state index in [2.05, 4.69) is 30.9 Å². The van der Waals surface area contributed by atoms with Gasteiger partial charge in [0.25, 0.3) is 0 Å². The summed E-state index contributed by atoms with van der Waals surface area (Å²) in [6.07, 6.45) is 1.92. The molecule has 0 atom stereocenters. The van der Waals surface area contributed by atoms with Crippen molar-refractivity contribution < 1.29 is 4.39 Å². The fourth-order valence-electron chi connectivity index (χ4n) is 2.12. The van der Waals surface area contributed by atoms with Gasteiger partial charge in [0.1, 0.15) is 4.60 Å². The van der Waals surface area contributed by atoms with Crippen molar-refractivity contribution in [1.82, 2.24) is 19.5 Å². The van der Waals surface area contributed by atoms with E-state index in [1.54, 1.807) is 4.52 Å². The second kappa shape index (κ2) is 4.34. The largest absolute Gasteiger partial charge is 0.297 e. The lowest BCUT2D eigenvalue weighted by Gasteiger charge is -2.37. The first-order valence-corrected chi connectivity index (χ1v) is 6.33. The number of fused-ring (bicyclic) bond motifs is 1. The number of imidazole rings is 1. The Morgan fingerprint density at radius 3 is 3.00 bits per heavy atom. The molecule has 0 spiro atoms. The molecule has 4 nitrogen and oxygen atoms in total. The number of nitrogens with zero attached hydrogens (tertiary/aromatic N) is 4. The lowest BCUT2D eigenvalue weighted by molar-refractivity contribution is 0.0727. The fourth-order valence-corrected chi connectivity index (χ4v) is 2.42. The van der Waals surface area contributed by atoms with E-state index in [4.69, 9.17) is 0 Å². The molecule has 3 rings (SSSR count). The molecule has 1 saturated heterocycles.